The highest BCUT2D eigenvalue weighted by Crippen LogP contribution is 2.23. The normalized spacial score (nSPS) is 15.7. The molecule has 0 spiro atoms. The van der Waals surface area contributed by atoms with Crippen molar-refractivity contribution in [3.05, 3.63) is 53.6 Å². The molecule has 0 radical (unpaired) electrons. The van der Waals surface area contributed by atoms with Gasteiger partial charge in [-0.25, -0.2) is 16.8 Å². The van der Waals surface area contributed by atoms with Crippen LogP contribution in [0.3, 0.4) is 0 Å². The molecule has 0 unspecified atom stereocenters. The van der Waals surface area contributed by atoms with E-state index in [1.807, 2.05) is 0 Å². The van der Waals surface area contributed by atoms with Crippen molar-refractivity contribution < 1.29 is 21.6 Å². The summed E-state index contributed by atoms with van der Waals surface area (Å²) in [6.07, 6.45) is 4.74. The first-order valence-electron chi connectivity index (χ1n) is 10.2. The van der Waals surface area contributed by atoms with Gasteiger partial charge in [-0.05, 0) is 55.3 Å². The number of hydrogen-bond acceptors (Lipinski definition) is 5. The van der Waals surface area contributed by atoms with Crippen molar-refractivity contribution in [3.63, 3.8) is 0 Å². The van der Waals surface area contributed by atoms with Crippen LogP contribution < -0.4 is 9.62 Å². The molecule has 0 aliphatic carbocycles. The van der Waals surface area contributed by atoms with E-state index < -0.39 is 32.5 Å². The first-order valence-corrected chi connectivity index (χ1v) is 13.9. The van der Waals surface area contributed by atoms with E-state index in [1.54, 1.807) is 18.2 Å². The fourth-order valence-electron chi connectivity index (χ4n) is 3.50. The molecule has 2 aromatic rings. The van der Waals surface area contributed by atoms with Gasteiger partial charge < -0.3 is 5.32 Å². The average Bonchev–Trinajstić information content (AvgIpc) is 3.02. The summed E-state index contributed by atoms with van der Waals surface area (Å²) in [6.45, 7) is 0.560. The minimum absolute atomic E-state index is 0.161. The highest BCUT2D eigenvalue weighted by molar-refractivity contribution is 7.92. The van der Waals surface area contributed by atoms with Crippen molar-refractivity contribution in [2.45, 2.75) is 30.6 Å². The smallest absolute Gasteiger partial charge is 0.245 e. The Morgan fingerprint density at radius 2 is 1.62 bits per heavy atom. The van der Waals surface area contributed by atoms with E-state index in [0.717, 1.165) is 36.2 Å². The summed E-state index contributed by atoms with van der Waals surface area (Å²) in [7, 11) is -7.32. The molecule has 1 amide bonds. The zero-order chi connectivity index (χ0) is 23.4. The lowest BCUT2D eigenvalue weighted by Gasteiger charge is -2.22. The van der Waals surface area contributed by atoms with E-state index in [0.29, 0.717) is 23.8 Å². The molecule has 0 saturated carbocycles. The largest absolute Gasteiger partial charge is 0.325 e. The van der Waals surface area contributed by atoms with Gasteiger partial charge in [-0.1, -0.05) is 30.5 Å². The van der Waals surface area contributed by atoms with E-state index in [9.17, 15) is 21.6 Å². The van der Waals surface area contributed by atoms with Crippen molar-refractivity contribution in [2.24, 2.45) is 0 Å². The van der Waals surface area contributed by atoms with Gasteiger partial charge in [0.15, 0.2) is 0 Å². The molecule has 1 fully saturated rings. The molecule has 0 aromatic heterocycles. The van der Waals surface area contributed by atoms with E-state index >= 15 is 0 Å². The number of halogens is 1. The van der Waals surface area contributed by atoms with E-state index in [2.05, 4.69) is 5.32 Å². The van der Waals surface area contributed by atoms with E-state index in [-0.39, 0.29) is 10.6 Å². The van der Waals surface area contributed by atoms with Crippen molar-refractivity contribution >= 4 is 48.9 Å². The Kier molecular flexibility index (Phi) is 7.81. The van der Waals surface area contributed by atoms with Crippen LogP contribution in [0, 0.1) is 0 Å². The molecule has 3 rings (SSSR count). The minimum atomic E-state index is -3.73. The average molecular weight is 500 g/mol. The fourth-order valence-corrected chi connectivity index (χ4v) is 6.05. The van der Waals surface area contributed by atoms with Gasteiger partial charge in [0, 0.05) is 23.8 Å². The summed E-state index contributed by atoms with van der Waals surface area (Å²) >= 11 is 5.95. The molecular weight excluding hydrogens is 474 g/mol. The predicted octanol–water partition coefficient (Wildman–Crippen LogP) is 3.31. The molecule has 0 atom stereocenters. The van der Waals surface area contributed by atoms with Crippen LogP contribution in [0.2, 0.25) is 5.02 Å². The lowest BCUT2D eigenvalue weighted by molar-refractivity contribution is -0.114. The Hall–Kier alpha value is -2.14. The fraction of sp³-hybridized carbons (Fsp3) is 0.381. The molecule has 32 heavy (non-hydrogen) atoms. The van der Waals surface area contributed by atoms with Gasteiger partial charge in [0.25, 0.3) is 0 Å². The zero-order valence-electron chi connectivity index (χ0n) is 17.7. The number of nitrogens with zero attached hydrogens (tertiary/aromatic N) is 2. The zero-order valence-corrected chi connectivity index (χ0v) is 20.1. The van der Waals surface area contributed by atoms with Gasteiger partial charge in [-0.3, -0.25) is 9.10 Å². The van der Waals surface area contributed by atoms with Crippen LogP contribution in [-0.2, 0) is 24.8 Å². The molecule has 0 bridgehead atoms. The van der Waals surface area contributed by atoms with Crippen LogP contribution in [0.1, 0.15) is 25.7 Å². The van der Waals surface area contributed by atoms with Crippen molar-refractivity contribution in [1.29, 1.82) is 0 Å². The summed E-state index contributed by atoms with van der Waals surface area (Å²) in [5, 5.41) is 2.96. The molecule has 11 heteroatoms. The molecule has 1 N–H and O–H groups in total. The monoisotopic (exact) mass is 499 g/mol. The summed E-state index contributed by atoms with van der Waals surface area (Å²) in [4.78, 5) is 12.7. The third kappa shape index (κ3) is 6.22. The van der Waals surface area contributed by atoms with Crippen LogP contribution in [0.15, 0.2) is 53.4 Å². The number of anilines is 2. The first kappa shape index (κ1) is 24.5. The summed E-state index contributed by atoms with van der Waals surface area (Å²) in [5.41, 5.74) is 0.637. The second kappa shape index (κ2) is 10.2. The van der Waals surface area contributed by atoms with Gasteiger partial charge in [0.2, 0.25) is 26.0 Å². The number of sulfonamides is 2. The molecule has 1 saturated heterocycles. The number of amides is 1. The Balaban J connectivity index is 1.71. The first-order chi connectivity index (χ1) is 15.1. The van der Waals surface area contributed by atoms with Crippen molar-refractivity contribution in [1.82, 2.24) is 4.31 Å². The maximum Gasteiger partial charge on any atom is 0.245 e. The van der Waals surface area contributed by atoms with Gasteiger partial charge in [-0.2, -0.15) is 4.31 Å². The Morgan fingerprint density at radius 1 is 1.00 bits per heavy atom. The van der Waals surface area contributed by atoms with Crippen LogP contribution in [-0.4, -0.2) is 52.9 Å². The molecule has 1 aliphatic heterocycles. The van der Waals surface area contributed by atoms with Gasteiger partial charge in [0.05, 0.1) is 16.8 Å². The number of rotatable bonds is 7. The van der Waals surface area contributed by atoms with E-state index in [1.165, 1.54) is 34.6 Å². The number of hydrogen-bond donors (Lipinski definition) is 1. The topological polar surface area (TPSA) is 104 Å². The lowest BCUT2D eigenvalue weighted by Crippen LogP contribution is -2.37. The number of nitrogens with one attached hydrogen (secondary N) is 1. The standard InChI is InChI=1S/C21H26ClN3O5S2/c1-31(27,28)25(19-8-6-7-17(22)15-19)16-21(26)23-18-9-11-20(12-10-18)32(29,30)24-13-4-2-3-5-14-24/h6-12,15H,2-5,13-14,16H2,1H3,(H,23,26). The minimum Gasteiger partial charge on any atom is -0.325 e. The second-order valence-electron chi connectivity index (χ2n) is 7.64. The summed E-state index contributed by atoms with van der Waals surface area (Å²) in [5.74, 6) is -0.571. The van der Waals surface area contributed by atoms with Crippen LogP contribution in [0.5, 0.6) is 0 Å². The lowest BCUT2D eigenvalue weighted by atomic mass is 10.2. The molecule has 8 nitrogen and oxygen atoms in total. The van der Waals surface area contributed by atoms with Crippen molar-refractivity contribution in [2.75, 3.05) is 35.5 Å². The number of carbonyl (C=O) groups excluding carboxylic acids is 1. The maximum atomic E-state index is 12.9. The quantitative estimate of drug-likeness (QED) is 0.629. The van der Waals surface area contributed by atoms with Gasteiger partial charge >= 0.3 is 0 Å². The van der Waals surface area contributed by atoms with Crippen LogP contribution >= 0.6 is 11.6 Å². The molecule has 1 aliphatic rings. The molecule has 1 heterocycles. The second-order valence-corrected chi connectivity index (χ2v) is 11.9. The van der Waals surface area contributed by atoms with Crippen LogP contribution in [0.25, 0.3) is 0 Å². The highest BCUT2D eigenvalue weighted by Gasteiger charge is 2.25. The maximum absolute atomic E-state index is 12.9. The van der Waals surface area contributed by atoms with Gasteiger partial charge in [-0.15, -0.1) is 0 Å². The van der Waals surface area contributed by atoms with Gasteiger partial charge in [0.1, 0.15) is 6.54 Å². The third-order valence-electron chi connectivity index (χ3n) is 5.12. The molecule has 174 valence electrons. The Bertz CT molecular complexity index is 1160. The predicted molar refractivity (Wildman–Crippen MR) is 126 cm³/mol. The Morgan fingerprint density at radius 3 is 2.19 bits per heavy atom. The van der Waals surface area contributed by atoms with Crippen LogP contribution in [0.4, 0.5) is 11.4 Å². The molecular formula is C21H26ClN3O5S2. The number of benzene rings is 2. The summed E-state index contributed by atoms with van der Waals surface area (Å²) < 4.78 is 52.6. The highest BCUT2D eigenvalue weighted by atomic mass is 35.5. The third-order valence-corrected chi connectivity index (χ3v) is 8.41. The van der Waals surface area contributed by atoms with E-state index in [4.69, 9.17) is 11.6 Å². The van der Waals surface area contributed by atoms with Crippen molar-refractivity contribution in [3.8, 4) is 0 Å². The Labute approximate surface area is 194 Å². The number of carbonyl (C=O) groups is 1. The molecule has 2 aromatic carbocycles. The summed E-state index contributed by atoms with van der Waals surface area (Å²) in [6, 6.07) is 12.1. The SMILES string of the molecule is CS(=O)(=O)N(CC(=O)Nc1ccc(S(=O)(=O)N2CCCCCC2)cc1)c1cccc(Cl)c1.